The summed E-state index contributed by atoms with van der Waals surface area (Å²) in [4.78, 5) is 23.4. The van der Waals surface area contributed by atoms with E-state index in [0.29, 0.717) is 23.7 Å². The first-order chi connectivity index (χ1) is 17.6. The van der Waals surface area contributed by atoms with Crippen molar-refractivity contribution in [1.29, 1.82) is 0 Å². The maximum atomic E-state index is 13.4. The maximum Gasteiger partial charge on any atom is 0.404 e. The summed E-state index contributed by atoms with van der Waals surface area (Å²) in [5.41, 5.74) is 6.69. The zero-order valence-electron chi connectivity index (χ0n) is 19.4. The highest BCUT2D eigenvalue weighted by molar-refractivity contribution is 7.19. The first-order valence-corrected chi connectivity index (χ1v) is 12.2. The van der Waals surface area contributed by atoms with Crippen molar-refractivity contribution in [3.8, 4) is 17.6 Å². The van der Waals surface area contributed by atoms with Gasteiger partial charge in [-0.3, -0.25) is 4.98 Å². The number of benzene rings is 1. The molecular formula is C25H25FN4O5S. The van der Waals surface area contributed by atoms with Crippen LogP contribution in [0, 0.1) is 11.8 Å². The Kier molecular flexibility index (Phi) is 9.15. The van der Waals surface area contributed by atoms with E-state index in [4.69, 9.17) is 19.9 Å². The molecule has 0 spiro atoms. The number of aromatic nitrogens is 3. The Morgan fingerprint density at radius 3 is 3.00 bits per heavy atom. The Morgan fingerprint density at radius 2 is 2.25 bits per heavy atom. The largest absolute Gasteiger partial charge is 0.491 e. The lowest BCUT2D eigenvalue weighted by Crippen LogP contribution is -2.32. The van der Waals surface area contributed by atoms with Gasteiger partial charge in [0.05, 0.1) is 28.3 Å². The van der Waals surface area contributed by atoms with Crippen LogP contribution in [0.15, 0.2) is 36.7 Å². The molecule has 2 atom stereocenters. The fourth-order valence-corrected chi connectivity index (χ4v) is 4.19. The molecule has 2 N–H and O–H groups in total. The van der Waals surface area contributed by atoms with Gasteiger partial charge in [-0.25, -0.2) is 19.2 Å². The molecule has 1 saturated heterocycles. The van der Waals surface area contributed by atoms with Gasteiger partial charge in [0.15, 0.2) is 6.29 Å². The molecule has 0 aliphatic carbocycles. The number of amides is 1. The molecule has 11 heteroatoms. The van der Waals surface area contributed by atoms with Gasteiger partial charge in [-0.15, -0.1) is 11.3 Å². The number of rotatable bonds is 9. The monoisotopic (exact) mass is 512 g/mol. The minimum atomic E-state index is -0.871. The SMILES string of the molecule is NC(=O)OCc1cnc(C#C/C=C/c2nc3ccc(OC[C@H](CF)OC4CCCCO4)cc3s2)cn1. The summed E-state index contributed by atoms with van der Waals surface area (Å²) in [6.07, 6.45) is 7.33. The van der Waals surface area contributed by atoms with E-state index in [-0.39, 0.29) is 19.5 Å². The Bertz CT molecular complexity index is 1250. The molecule has 1 unspecified atom stereocenters. The third-order valence-corrected chi connectivity index (χ3v) is 6.03. The quantitative estimate of drug-likeness (QED) is 0.427. The number of ether oxygens (including phenoxy) is 4. The molecule has 0 radical (unpaired) electrons. The van der Waals surface area contributed by atoms with Crippen LogP contribution in [0.2, 0.25) is 0 Å². The van der Waals surface area contributed by atoms with Gasteiger partial charge in [0.25, 0.3) is 0 Å². The number of alkyl halides is 1. The van der Waals surface area contributed by atoms with Gasteiger partial charge < -0.3 is 24.7 Å². The van der Waals surface area contributed by atoms with E-state index in [1.807, 2.05) is 12.1 Å². The first-order valence-electron chi connectivity index (χ1n) is 11.4. The van der Waals surface area contributed by atoms with Crippen molar-refractivity contribution in [3.63, 3.8) is 0 Å². The van der Waals surface area contributed by atoms with E-state index < -0.39 is 18.9 Å². The predicted molar refractivity (Wildman–Crippen MR) is 132 cm³/mol. The lowest BCUT2D eigenvalue weighted by atomic mass is 10.2. The fraction of sp³-hybridized carbons (Fsp3) is 0.360. The molecule has 1 amide bonds. The van der Waals surface area contributed by atoms with Crippen molar-refractivity contribution in [1.82, 2.24) is 15.0 Å². The average Bonchev–Trinajstić information content (AvgIpc) is 3.31. The smallest absolute Gasteiger partial charge is 0.404 e. The molecule has 1 aromatic carbocycles. The molecule has 1 fully saturated rings. The number of hydrogen-bond donors (Lipinski definition) is 1. The lowest BCUT2D eigenvalue weighted by molar-refractivity contribution is -0.195. The Labute approximate surface area is 211 Å². The second-order valence-corrected chi connectivity index (χ2v) is 8.87. The molecule has 0 bridgehead atoms. The number of nitrogens with two attached hydrogens (primary N) is 1. The van der Waals surface area contributed by atoms with Gasteiger partial charge in [-0.1, -0.05) is 5.92 Å². The van der Waals surface area contributed by atoms with Gasteiger partial charge in [-0.05, 0) is 55.5 Å². The number of hydrogen-bond acceptors (Lipinski definition) is 9. The van der Waals surface area contributed by atoms with Gasteiger partial charge >= 0.3 is 6.09 Å². The summed E-state index contributed by atoms with van der Waals surface area (Å²) >= 11 is 1.49. The van der Waals surface area contributed by atoms with Crippen LogP contribution in [-0.2, 0) is 20.8 Å². The van der Waals surface area contributed by atoms with E-state index >= 15 is 0 Å². The summed E-state index contributed by atoms with van der Waals surface area (Å²) in [7, 11) is 0. The summed E-state index contributed by atoms with van der Waals surface area (Å²) in [6.45, 7) is 0.0642. The van der Waals surface area contributed by atoms with E-state index in [1.165, 1.54) is 23.7 Å². The van der Waals surface area contributed by atoms with E-state index in [2.05, 4.69) is 31.5 Å². The van der Waals surface area contributed by atoms with Gasteiger partial charge in [0.1, 0.15) is 42.4 Å². The van der Waals surface area contributed by atoms with Crippen molar-refractivity contribution < 1.29 is 28.1 Å². The summed E-state index contributed by atoms with van der Waals surface area (Å²) < 4.78 is 36.0. The number of carbonyl (C=O) groups excluding carboxylic acids is 1. The molecule has 4 rings (SSSR count). The van der Waals surface area contributed by atoms with Crippen LogP contribution in [0.5, 0.6) is 5.75 Å². The second kappa shape index (κ2) is 12.9. The van der Waals surface area contributed by atoms with Gasteiger partial charge in [-0.2, -0.15) is 0 Å². The zero-order valence-corrected chi connectivity index (χ0v) is 20.2. The summed E-state index contributed by atoms with van der Waals surface area (Å²) in [5.74, 6) is 6.39. The number of halogens is 1. The van der Waals surface area contributed by atoms with Crippen LogP contribution >= 0.6 is 11.3 Å². The third kappa shape index (κ3) is 7.71. The van der Waals surface area contributed by atoms with Crippen LogP contribution in [0.4, 0.5) is 9.18 Å². The maximum absolute atomic E-state index is 13.4. The highest BCUT2D eigenvalue weighted by atomic mass is 32.1. The fourth-order valence-electron chi connectivity index (χ4n) is 3.29. The highest BCUT2D eigenvalue weighted by Crippen LogP contribution is 2.27. The third-order valence-electron chi connectivity index (χ3n) is 5.04. The number of allylic oxidation sites excluding steroid dienone is 1. The second-order valence-electron chi connectivity index (χ2n) is 7.80. The summed E-state index contributed by atoms with van der Waals surface area (Å²) in [5, 5.41) is 0.779. The van der Waals surface area contributed by atoms with Gasteiger partial charge in [0.2, 0.25) is 0 Å². The summed E-state index contributed by atoms with van der Waals surface area (Å²) in [6, 6.07) is 5.54. The molecule has 2 aromatic heterocycles. The molecule has 0 saturated carbocycles. The van der Waals surface area contributed by atoms with Crippen molar-refractivity contribution in [2.24, 2.45) is 5.73 Å². The van der Waals surface area contributed by atoms with Gasteiger partial charge in [0, 0.05) is 6.61 Å². The Hall–Kier alpha value is -3.59. The predicted octanol–water partition coefficient (Wildman–Crippen LogP) is 4.01. The Morgan fingerprint density at radius 1 is 1.33 bits per heavy atom. The van der Waals surface area contributed by atoms with Crippen LogP contribution < -0.4 is 10.5 Å². The zero-order chi connectivity index (χ0) is 25.2. The molecule has 36 heavy (non-hydrogen) atoms. The Balaban J connectivity index is 1.30. The molecule has 1 aliphatic heterocycles. The topological polar surface area (TPSA) is 119 Å². The average molecular weight is 513 g/mol. The minimum Gasteiger partial charge on any atom is -0.491 e. The molecular weight excluding hydrogens is 487 g/mol. The van der Waals surface area contributed by atoms with E-state index in [0.717, 1.165) is 34.5 Å². The van der Waals surface area contributed by atoms with E-state index in [1.54, 1.807) is 18.2 Å². The number of thiazole rings is 1. The van der Waals surface area contributed by atoms with Crippen LogP contribution in [0.1, 0.15) is 35.7 Å². The first kappa shape index (κ1) is 25.5. The van der Waals surface area contributed by atoms with Crippen molar-refractivity contribution in [2.45, 2.75) is 38.3 Å². The minimum absolute atomic E-state index is 0.0417. The van der Waals surface area contributed by atoms with Crippen LogP contribution in [-0.4, -0.2) is 53.3 Å². The highest BCUT2D eigenvalue weighted by Gasteiger charge is 2.20. The van der Waals surface area contributed by atoms with Crippen molar-refractivity contribution >= 4 is 33.7 Å². The number of fused-ring (bicyclic) bond motifs is 1. The van der Waals surface area contributed by atoms with Crippen molar-refractivity contribution in [2.75, 3.05) is 19.9 Å². The number of primary amides is 1. The number of nitrogens with zero attached hydrogens (tertiary/aromatic N) is 3. The lowest BCUT2D eigenvalue weighted by Gasteiger charge is -2.26. The molecule has 3 aromatic rings. The molecule has 1 aliphatic rings. The van der Waals surface area contributed by atoms with Crippen LogP contribution in [0.25, 0.3) is 16.3 Å². The molecule has 3 heterocycles. The normalized spacial score (nSPS) is 16.4. The van der Waals surface area contributed by atoms with Crippen LogP contribution in [0.3, 0.4) is 0 Å². The molecule has 188 valence electrons. The number of carbonyl (C=O) groups is 1. The molecule has 9 nitrogen and oxygen atoms in total. The van der Waals surface area contributed by atoms with Crippen molar-refractivity contribution in [3.05, 3.63) is 53.1 Å². The van der Waals surface area contributed by atoms with E-state index in [9.17, 15) is 9.18 Å². The standard InChI is InChI=1S/C25H25FN4O5S/c26-12-20(35-24-7-3-4-10-32-24)16-33-19-8-9-21-22(11-19)36-23(30-21)6-2-1-5-17-13-29-18(14-28-17)15-34-25(27)31/h2,6,8-9,11,13-14,20,24H,3-4,7,10,12,15-16H2,(H2,27,31)/b6-2+/t20-,24?/m0/s1.